The van der Waals surface area contributed by atoms with Crippen LogP contribution in [0.2, 0.25) is 5.02 Å². The molecule has 32 heavy (non-hydrogen) atoms. The molecule has 0 radical (unpaired) electrons. The van der Waals surface area contributed by atoms with E-state index in [4.69, 9.17) is 22.5 Å². The standard InChI is InChI=1S/C22H22ClN5O3S/c1-22(2,3)20-14(11-24)12-28(27-20)17-9-8-13(10-18(17)32(26,30)31)19(21(25)29)15-6-4-5-7-16(15)23/h4-10,12,19H,1-3H3,(H2,25,29)(H2,26,30,31). The van der Waals surface area contributed by atoms with Gasteiger partial charge in [0, 0.05) is 16.6 Å². The van der Waals surface area contributed by atoms with Crippen LogP contribution >= 0.6 is 11.6 Å². The molecule has 1 amide bonds. The first-order chi connectivity index (χ1) is 14.8. The number of carbonyl (C=O) groups is 1. The van der Waals surface area contributed by atoms with E-state index in [1.54, 1.807) is 30.3 Å². The van der Waals surface area contributed by atoms with Crippen molar-refractivity contribution >= 4 is 27.5 Å². The van der Waals surface area contributed by atoms with Crippen molar-refractivity contribution in [2.24, 2.45) is 10.9 Å². The first-order valence-electron chi connectivity index (χ1n) is 9.55. The van der Waals surface area contributed by atoms with Gasteiger partial charge in [-0.25, -0.2) is 18.2 Å². The van der Waals surface area contributed by atoms with Gasteiger partial charge in [-0.3, -0.25) is 4.79 Å². The van der Waals surface area contributed by atoms with Gasteiger partial charge in [-0.1, -0.05) is 56.6 Å². The molecule has 0 saturated heterocycles. The average Bonchev–Trinajstić information content (AvgIpc) is 3.13. The topological polar surface area (TPSA) is 145 Å². The number of halogens is 1. The Morgan fingerprint density at radius 2 is 1.88 bits per heavy atom. The molecule has 2 aromatic carbocycles. The number of hydrogen-bond acceptors (Lipinski definition) is 5. The third kappa shape index (κ3) is 4.53. The van der Waals surface area contributed by atoms with Crippen molar-refractivity contribution < 1.29 is 13.2 Å². The molecule has 4 N–H and O–H groups in total. The molecule has 10 heteroatoms. The summed E-state index contributed by atoms with van der Waals surface area (Å²) in [5.74, 6) is -1.69. The van der Waals surface area contributed by atoms with Gasteiger partial charge in [0.05, 0.1) is 22.9 Å². The summed E-state index contributed by atoms with van der Waals surface area (Å²) in [6.07, 6.45) is 1.45. The van der Waals surface area contributed by atoms with Crippen LogP contribution in [0.3, 0.4) is 0 Å². The van der Waals surface area contributed by atoms with Crippen LogP contribution in [-0.4, -0.2) is 24.1 Å². The Morgan fingerprint density at radius 1 is 1.22 bits per heavy atom. The molecule has 3 aromatic rings. The van der Waals surface area contributed by atoms with Crippen LogP contribution in [-0.2, 0) is 20.2 Å². The van der Waals surface area contributed by atoms with Crippen molar-refractivity contribution in [3.05, 3.63) is 76.1 Å². The maximum absolute atomic E-state index is 12.5. The molecular weight excluding hydrogens is 450 g/mol. The molecule has 0 aliphatic carbocycles. The Bertz CT molecular complexity index is 1350. The zero-order valence-corrected chi connectivity index (χ0v) is 19.3. The lowest BCUT2D eigenvalue weighted by molar-refractivity contribution is -0.118. The second-order valence-corrected chi connectivity index (χ2v) is 10.3. The zero-order valence-electron chi connectivity index (χ0n) is 17.7. The quantitative estimate of drug-likeness (QED) is 0.587. The second kappa shape index (κ2) is 8.39. The maximum Gasteiger partial charge on any atom is 0.240 e. The highest BCUT2D eigenvalue weighted by Crippen LogP contribution is 2.33. The van der Waals surface area contributed by atoms with Crippen molar-refractivity contribution in [3.8, 4) is 11.8 Å². The molecule has 1 heterocycles. The van der Waals surface area contributed by atoms with E-state index in [2.05, 4.69) is 11.2 Å². The number of carbonyl (C=O) groups excluding carboxylic acids is 1. The van der Waals surface area contributed by atoms with Gasteiger partial charge in [-0.05, 0) is 29.3 Å². The van der Waals surface area contributed by atoms with Gasteiger partial charge in [-0.15, -0.1) is 0 Å². The number of primary amides is 1. The van der Waals surface area contributed by atoms with Gasteiger partial charge in [0.1, 0.15) is 11.0 Å². The fourth-order valence-corrected chi connectivity index (χ4v) is 4.47. The monoisotopic (exact) mass is 471 g/mol. The van der Waals surface area contributed by atoms with Crippen LogP contribution < -0.4 is 10.9 Å². The molecule has 1 unspecified atom stereocenters. The van der Waals surface area contributed by atoms with E-state index in [-0.39, 0.29) is 10.6 Å². The van der Waals surface area contributed by atoms with Gasteiger partial charge in [0.25, 0.3) is 0 Å². The molecule has 0 saturated carbocycles. The Kier molecular flexibility index (Phi) is 6.15. The highest BCUT2D eigenvalue weighted by molar-refractivity contribution is 7.89. The first kappa shape index (κ1) is 23.5. The SMILES string of the molecule is CC(C)(C)c1nn(-c2ccc(C(C(N)=O)c3ccccc3Cl)cc2S(N)(=O)=O)cc1C#N. The van der Waals surface area contributed by atoms with Crippen LogP contribution in [0.25, 0.3) is 5.69 Å². The summed E-state index contributed by atoms with van der Waals surface area (Å²) in [5, 5.41) is 19.7. The molecule has 0 aliphatic rings. The zero-order chi connectivity index (χ0) is 23.8. The number of rotatable bonds is 5. The lowest BCUT2D eigenvalue weighted by Gasteiger charge is -2.18. The number of nitriles is 1. The molecule has 8 nitrogen and oxygen atoms in total. The molecule has 0 fully saturated rings. The molecular formula is C22H22ClN5O3S. The fraction of sp³-hybridized carbons (Fsp3) is 0.227. The highest BCUT2D eigenvalue weighted by Gasteiger charge is 2.28. The van der Waals surface area contributed by atoms with Crippen molar-refractivity contribution in [2.75, 3.05) is 0 Å². The molecule has 166 valence electrons. The van der Waals surface area contributed by atoms with E-state index < -0.39 is 27.3 Å². The van der Waals surface area contributed by atoms with Crippen molar-refractivity contribution in [1.29, 1.82) is 5.26 Å². The summed E-state index contributed by atoms with van der Waals surface area (Å²) < 4.78 is 26.2. The summed E-state index contributed by atoms with van der Waals surface area (Å²) in [7, 11) is -4.23. The number of nitrogens with zero attached hydrogens (tertiary/aromatic N) is 3. The van der Waals surface area contributed by atoms with E-state index >= 15 is 0 Å². The number of aromatic nitrogens is 2. The largest absolute Gasteiger partial charge is 0.369 e. The Balaban J connectivity index is 2.25. The number of nitrogens with two attached hydrogens (primary N) is 2. The normalized spacial score (nSPS) is 12.9. The predicted molar refractivity (Wildman–Crippen MR) is 121 cm³/mol. The summed E-state index contributed by atoms with van der Waals surface area (Å²) in [6, 6.07) is 13.1. The molecule has 0 spiro atoms. The number of primary sulfonamides is 1. The number of hydrogen-bond donors (Lipinski definition) is 2. The Hall–Kier alpha value is -3.19. The van der Waals surface area contributed by atoms with Crippen LogP contribution in [0, 0.1) is 11.3 Å². The van der Waals surface area contributed by atoms with Gasteiger partial charge in [0.2, 0.25) is 15.9 Å². The minimum Gasteiger partial charge on any atom is -0.369 e. The van der Waals surface area contributed by atoms with Gasteiger partial charge >= 0.3 is 0 Å². The summed E-state index contributed by atoms with van der Waals surface area (Å²) in [5.41, 5.74) is 6.90. The van der Waals surface area contributed by atoms with E-state index in [1.165, 1.54) is 23.0 Å². The van der Waals surface area contributed by atoms with Crippen LogP contribution in [0.15, 0.2) is 53.6 Å². The fourth-order valence-electron chi connectivity index (χ4n) is 3.47. The van der Waals surface area contributed by atoms with Crippen LogP contribution in [0.5, 0.6) is 0 Å². The van der Waals surface area contributed by atoms with Gasteiger partial charge in [0.15, 0.2) is 0 Å². The highest BCUT2D eigenvalue weighted by atomic mass is 35.5. The third-order valence-electron chi connectivity index (χ3n) is 4.92. The van der Waals surface area contributed by atoms with E-state index in [0.29, 0.717) is 27.4 Å². The van der Waals surface area contributed by atoms with E-state index in [1.807, 2.05) is 20.8 Å². The summed E-state index contributed by atoms with van der Waals surface area (Å²) >= 11 is 6.25. The minimum atomic E-state index is -4.23. The van der Waals surface area contributed by atoms with Gasteiger partial charge in [-0.2, -0.15) is 10.4 Å². The van der Waals surface area contributed by atoms with E-state index in [9.17, 15) is 18.5 Å². The molecule has 0 bridgehead atoms. The van der Waals surface area contributed by atoms with Crippen LogP contribution in [0.4, 0.5) is 0 Å². The predicted octanol–water partition coefficient (Wildman–Crippen LogP) is 2.96. The molecule has 3 rings (SSSR count). The van der Waals surface area contributed by atoms with Crippen molar-refractivity contribution in [1.82, 2.24) is 9.78 Å². The maximum atomic E-state index is 12.5. The summed E-state index contributed by atoms with van der Waals surface area (Å²) in [4.78, 5) is 12.0. The van der Waals surface area contributed by atoms with Gasteiger partial charge < -0.3 is 5.73 Å². The van der Waals surface area contributed by atoms with E-state index in [0.717, 1.165) is 0 Å². The minimum absolute atomic E-state index is 0.144. The lowest BCUT2D eigenvalue weighted by atomic mass is 9.90. The third-order valence-corrected chi connectivity index (χ3v) is 6.20. The smallest absolute Gasteiger partial charge is 0.240 e. The second-order valence-electron chi connectivity index (χ2n) is 8.33. The first-order valence-corrected chi connectivity index (χ1v) is 11.5. The Morgan fingerprint density at radius 3 is 2.38 bits per heavy atom. The number of benzene rings is 2. The number of sulfonamides is 1. The van der Waals surface area contributed by atoms with Crippen molar-refractivity contribution in [3.63, 3.8) is 0 Å². The van der Waals surface area contributed by atoms with Crippen molar-refractivity contribution in [2.45, 2.75) is 37.0 Å². The molecule has 1 atom stereocenters. The molecule has 0 aliphatic heterocycles. The Labute approximate surface area is 191 Å². The summed E-state index contributed by atoms with van der Waals surface area (Å²) in [6.45, 7) is 5.68. The lowest BCUT2D eigenvalue weighted by Crippen LogP contribution is -2.24. The van der Waals surface area contributed by atoms with Crippen LogP contribution in [0.1, 0.15) is 49.1 Å². The molecule has 1 aromatic heterocycles. The average molecular weight is 472 g/mol. The number of amides is 1.